The van der Waals surface area contributed by atoms with E-state index in [1.807, 2.05) is 52.8 Å². The van der Waals surface area contributed by atoms with E-state index in [0.717, 1.165) is 33.8 Å². The van der Waals surface area contributed by atoms with Crippen molar-refractivity contribution in [2.24, 2.45) is 0 Å². The van der Waals surface area contributed by atoms with Gasteiger partial charge in [-0.3, -0.25) is 13.9 Å². The third-order valence-electron chi connectivity index (χ3n) is 7.02. The SMILES string of the molecule is CCCCNC(=O)[C@H](CC)N(Cc1ccccc1Cl)C(=O)CN(c1ccc(C)cc1C)S(=O)(=O)c1ccc(C)cc1. The van der Waals surface area contributed by atoms with Gasteiger partial charge in [-0.25, -0.2) is 8.42 Å². The summed E-state index contributed by atoms with van der Waals surface area (Å²) < 4.78 is 29.3. The quantitative estimate of drug-likeness (QED) is 0.238. The molecule has 0 aliphatic heterocycles. The summed E-state index contributed by atoms with van der Waals surface area (Å²) in [6, 6.07) is 18.3. The molecule has 0 saturated heterocycles. The van der Waals surface area contributed by atoms with Crippen LogP contribution in [0.25, 0.3) is 0 Å². The summed E-state index contributed by atoms with van der Waals surface area (Å²) >= 11 is 6.46. The molecular formula is C32H40ClN3O4S. The Morgan fingerprint density at radius 3 is 2.20 bits per heavy atom. The fourth-order valence-electron chi connectivity index (χ4n) is 4.67. The van der Waals surface area contributed by atoms with Crippen molar-refractivity contribution < 1.29 is 18.0 Å². The maximum absolute atomic E-state index is 14.2. The lowest BCUT2D eigenvalue weighted by Gasteiger charge is -2.33. The van der Waals surface area contributed by atoms with Crippen LogP contribution in [-0.4, -0.2) is 44.3 Å². The molecule has 3 aromatic carbocycles. The van der Waals surface area contributed by atoms with E-state index in [4.69, 9.17) is 11.6 Å². The van der Waals surface area contributed by atoms with E-state index in [1.54, 1.807) is 48.5 Å². The summed E-state index contributed by atoms with van der Waals surface area (Å²) in [4.78, 5) is 29.0. The molecule has 0 radical (unpaired) electrons. The lowest BCUT2D eigenvalue weighted by atomic mass is 10.1. The summed E-state index contributed by atoms with van der Waals surface area (Å²) in [5, 5.41) is 3.40. The van der Waals surface area contributed by atoms with Gasteiger partial charge in [-0.1, -0.05) is 85.5 Å². The van der Waals surface area contributed by atoms with E-state index in [-0.39, 0.29) is 17.3 Å². The number of benzene rings is 3. The molecule has 220 valence electrons. The van der Waals surface area contributed by atoms with Crippen LogP contribution in [-0.2, 0) is 26.2 Å². The topological polar surface area (TPSA) is 86.8 Å². The summed E-state index contributed by atoms with van der Waals surface area (Å²) in [6.45, 7) is 9.57. The highest BCUT2D eigenvalue weighted by molar-refractivity contribution is 7.92. The van der Waals surface area contributed by atoms with Gasteiger partial charge in [0.2, 0.25) is 11.8 Å². The molecule has 9 heteroatoms. The first-order valence-electron chi connectivity index (χ1n) is 14.0. The Bertz CT molecular complexity index is 1460. The number of hydrogen-bond acceptors (Lipinski definition) is 4. The first kappa shape index (κ1) is 32.2. The number of aryl methyl sites for hydroxylation is 3. The third kappa shape index (κ3) is 8.11. The highest BCUT2D eigenvalue weighted by atomic mass is 35.5. The van der Waals surface area contributed by atoms with Crippen LogP contribution < -0.4 is 9.62 Å². The second kappa shape index (κ2) is 14.5. The van der Waals surface area contributed by atoms with Gasteiger partial charge < -0.3 is 10.2 Å². The number of halogens is 1. The molecule has 1 N–H and O–H groups in total. The summed E-state index contributed by atoms with van der Waals surface area (Å²) in [6.07, 6.45) is 2.08. The van der Waals surface area contributed by atoms with Crippen molar-refractivity contribution >= 4 is 39.1 Å². The average molecular weight is 598 g/mol. The second-order valence-electron chi connectivity index (χ2n) is 10.3. The van der Waals surface area contributed by atoms with Crippen LogP contribution in [0.4, 0.5) is 5.69 Å². The number of amides is 2. The minimum absolute atomic E-state index is 0.0590. The molecule has 41 heavy (non-hydrogen) atoms. The third-order valence-corrected chi connectivity index (χ3v) is 9.17. The molecule has 0 bridgehead atoms. The van der Waals surface area contributed by atoms with Crippen molar-refractivity contribution in [1.29, 1.82) is 0 Å². The zero-order valence-electron chi connectivity index (χ0n) is 24.5. The summed E-state index contributed by atoms with van der Waals surface area (Å²) in [5.41, 5.74) is 3.68. The van der Waals surface area contributed by atoms with Crippen LogP contribution >= 0.6 is 11.6 Å². The fraction of sp³-hybridized carbons (Fsp3) is 0.375. The Kier molecular flexibility index (Phi) is 11.4. The molecule has 0 unspecified atom stereocenters. The van der Waals surface area contributed by atoms with Crippen molar-refractivity contribution in [1.82, 2.24) is 10.2 Å². The number of nitrogens with zero attached hydrogens (tertiary/aromatic N) is 2. The molecule has 1 atom stereocenters. The van der Waals surface area contributed by atoms with Gasteiger partial charge >= 0.3 is 0 Å². The van der Waals surface area contributed by atoms with E-state index in [2.05, 4.69) is 5.32 Å². The number of nitrogens with one attached hydrogen (secondary N) is 1. The lowest BCUT2D eigenvalue weighted by Crippen LogP contribution is -2.52. The Hall–Kier alpha value is -3.36. The molecule has 0 aliphatic rings. The molecule has 3 rings (SSSR count). The van der Waals surface area contributed by atoms with Crippen molar-refractivity contribution in [2.45, 2.75) is 71.4 Å². The van der Waals surface area contributed by atoms with E-state index in [0.29, 0.717) is 29.2 Å². The monoisotopic (exact) mass is 597 g/mol. The van der Waals surface area contributed by atoms with Crippen molar-refractivity contribution in [3.05, 3.63) is 94.0 Å². The molecule has 3 aromatic rings. The van der Waals surface area contributed by atoms with E-state index < -0.39 is 28.5 Å². The van der Waals surface area contributed by atoms with Gasteiger partial charge in [0.1, 0.15) is 12.6 Å². The van der Waals surface area contributed by atoms with Gasteiger partial charge in [0.25, 0.3) is 10.0 Å². The van der Waals surface area contributed by atoms with Crippen LogP contribution in [0.1, 0.15) is 55.4 Å². The van der Waals surface area contributed by atoms with Crippen LogP contribution in [0.15, 0.2) is 71.6 Å². The summed E-state index contributed by atoms with van der Waals surface area (Å²) in [5.74, 6) is -0.779. The lowest BCUT2D eigenvalue weighted by molar-refractivity contribution is -0.140. The fourth-order valence-corrected chi connectivity index (χ4v) is 6.35. The van der Waals surface area contributed by atoms with Crippen molar-refractivity contribution in [3.8, 4) is 0 Å². The number of unbranched alkanes of at least 4 members (excludes halogenated alkanes) is 1. The van der Waals surface area contributed by atoms with Gasteiger partial charge in [-0.15, -0.1) is 0 Å². The molecule has 2 amide bonds. The first-order valence-corrected chi connectivity index (χ1v) is 15.8. The predicted molar refractivity (Wildman–Crippen MR) is 166 cm³/mol. The normalized spacial score (nSPS) is 12.0. The maximum Gasteiger partial charge on any atom is 0.264 e. The van der Waals surface area contributed by atoms with E-state index in [9.17, 15) is 18.0 Å². The van der Waals surface area contributed by atoms with Crippen LogP contribution in [0.2, 0.25) is 5.02 Å². The molecule has 7 nitrogen and oxygen atoms in total. The minimum atomic E-state index is -4.13. The number of carbonyl (C=O) groups is 2. The number of anilines is 1. The van der Waals surface area contributed by atoms with Gasteiger partial charge in [0.15, 0.2) is 0 Å². The van der Waals surface area contributed by atoms with Crippen LogP contribution in [0.3, 0.4) is 0 Å². The van der Waals surface area contributed by atoms with Gasteiger partial charge in [-0.05, 0) is 69.0 Å². The Balaban J connectivity index is 2.08. The molecule has 0 aliphatic carbocycles. The largest absolute Gasteiger partial charge is 0.354 e. The van der Waals surface area contributed by atoms with Crippen molar-refractivity contribution in [3.63, 3.8) is 0 Å². The number of carbonyl (C=O) groups excluding carboxylic acids is 2. The molecule has 0 heterocycles. The van der Waals surface area contributed by atoms with Crippen molar-refractivity contribution in [2.75, 3.05) is 17.4 Å². The van der Waals surface area contributed by atoms with Crippen LogP contribution in [0, 0.1) is 20.8 Å². The second-order valence-corrected chi connectivity index (χ2v) is 12.6. The van der Waals surface area contributed by atoms with Gasteiger partial charge in [0, 0.05) is 18.1 Å². The van der Waals surface area contributed by atoms with Gasteiger partial charge in [-0.2, -0.15) is 0 Å². The Labute approximate surface area is 249 Å². The highest BCUT2D eigenvalue weighted by Crippen LogP contribution is 2.29. The Morgan fingerprint density at radius 1 is 0.927 bits per heavy atom. The molecule has 0 spiro atoms. The number of sulfonamides is 1. The van der Waals surface area contributed by atoms with E-state index in [1.165, 1.54) is 4.90 Å². The smallest absolute Gasteiger partial charge is 0.264 e. The molecular weight excluding hydrogens is 558 g/mol. The van der Waals surface area contributed by atoms with Gasteiger partial charge in [0.05, 0.1) is 10.6 Å². The zero-order chi connectivity index (χ0) is 30.2. The molecule has 0 fully saturated rings. The average Bonchev–Trinajstić information content (AvgIpc) is 2.93. The number of rotatable bonds is 13. The highest BCUT2D eigenvalue weighted by Gasteiger charge is 2.34. The standard InChI is InChI=1S/C32H40ClN3O4S/c1-6-8-19-34-32(38)29(7-2)35(21-26-11-9-10-12-28(26)33)31(37)22-36(30-18-15-24(4)20-25(30)5)41(39,40)27-16-13-23(3)14-17-27/h9-18,20,29H,6-8,19,21-22H2,1-5H3,(H,34,38)/t29-/m0/s1. The molecule has 0 saturated carbocycles. The van der Waals surface area contributed by atoms with Crippen LogP contribution in [0.5, 0.6) is 0 Å². The summed E-state index contributed by atoms with van der Waals surface area (Å²) in [7, 11) is -4.13. The van der Waals surface area contributed by atoms with E-state index >= 15 is 0 Å². The maximum atomic E-state index is 14.2. The first-order chi connectivity index (χ1) is 19.5. The zero-order valence-corrected chi connectivity index (χ0v) is 26.1. The minimum Gasteiger partial charge on any atom is -0.354 e. The molecule has 0 aromatic heterocycles. The Morgan fingerprint density at radius 2 is 1.59 bits per heavy atom. The number of hydrogen-bond donors (Lipinski definition) is 1. The predicted octanol–water partition coefficient (Wildman–Crippen LogP) is 6.18.